The molecule has 5 heteroatoms. The van der Waals surface area contributed by atoms with Gasteiger partial charge in [0.1, 0.15) is 10.9 Å². The first-order valence-corrected chi connectivity index (χ1v) is 5.16. The molecule has 0 aliphatic heterocycles. The summed E-state index contributed by atoms with van der Waals surface area (Å²) in [6.07, 6.45) is 0. The van der Waals surface area contributed by atoms with Crippen molar-refractivity contribution in [1.82, 2.24) is 4.98 Å². The highest BCUT2D eigenvalue weighted by Gasteiger charge is 2.11. The van der Waals surface area contributed by atoms with E-state index < -0.39 is 0 Å². The minimum absolute atomic E-state index is 0.279. The molecule has 0 bridgehead atoms. The first-order chi connectivity index (χ1) is 6.54. The Labute approximate surface area is 92.2 Å². The van der Waals surface area contributed by atoms with Crippen molar-refractivity contribution in [1.29, 1.82) is 5.26 Å². The van der Waals surface area contributed by atoms with Crippen molar-refractivity contribution in [3.05, 3.63) is 22.2 Å². The van der Waals surface area contributed by atoms with Crippen LogP contribution in [0.2, 0.25) is 5.15 Å². The minimum atomic E-state index is 0.279. The lowest BCUT2D eigenvalue weighted by molar-refractivity contribution is 0.975. The van der Waals surface area contributed by atoms with Crippen LogP contribution in [0.15, 0.2) is 12.2 Å². The lowest BCUT2D eigenvalue weighted by Gasteiger charge is -2.14. The minimum Gasteiger partial charge on any atom is -0.347 e. The third-order valence-electron chi connectivity index (χ3n) is 1.51. The van der Waals surface area contributed by atoms with Gasteiger partial charge in [0.05, 0.1) is 0 Å². The largest absolute Gasteiger partial charge is 0.347 e. The zero-order valence-corrected chi connectivity index (χ0v) is 9.61. The van der Waals surface area contributed by atoms with E-state index in [0.717, 1.165) is 10.7 Å². The van der Waals surface area contributed by atoms with Gasteiger partial charge in [0.2, 0.25) is 0 Å². The van der Waals surface area contributed by atoms with Crippen molar-refractivity contribution in [3.63, 3.8) is 0 Å². The summed E-state index contributed by atoms with van der Waals surface area (Å²) in [6.45, 7) is 6.47. The Kier molecular flexibility index (Phi) is 3.50. The number of hydrogen-bond donors (Lipinski definition) is 0. The number of halogens is 1. The fraction of sp³-hybridized carbons (Fsp3) is 0.333. The molecule has 0 fully saturated rings. The highest BCUT2D eigenvalue weighted by Crippen LogP contribution is 2.28. The van der Waals surface area contributed by atoms with Crippen LogP contribution in [0.25, 0.3) is 0 Å². The third-order valence-corrected chi connectivity index (χ3v) is 2.97. The van der Waals surface area contributed by atoms with Gasteiger partial charge in [-0.15, -0.1) is 0 Å². The lowest BCUT2D eigenvalue weighted by atomic mass is 10.3. The van der Waals surface area contributed by atoms with Gasteiger partial charge in [-0.05, 0) is 6.92 Å². The number of nitriles is 1. The molecule has 0 aliphatic rings. The molecular weight excluding hydrogens is 218 g/mol. The van der Waals surface area contributed by atoms with Crippen molar-refractivity contribution in [2.24, 2.45) is 0 Å². The molecule has 0 atom stereocenters. The van der Waals surface area contributed by atoms with Crippen LogP contribution in [0.1, 0.15) is 11.8 Å². The molecule has 0 saturated heterocycles. The van der Waals surface area contributed by atoms with E-state index >= 15 is 0 Å². The van der Waals surface area contributed by atoms with Crippen molar-refractivity contribution in [2.45, 2.75) is 6.92 Å². The van der Waals surface area contributed by atoms with Crippen molar-refractivity contribution in [2.75, 3.05) is 18.5 Å². The number of thiazole rings is 1. The fourth-order valence-corrected chi connectivity index (χ4v) is 2.00. The number of aromatic nitrogens is 1. The van der Waals surface area contributed by atoms with Crippen molar-refractivity contribution >= 4 is 28.1 Å². The maximum atomic E-state index is 8.70. The second-order valence-corrected chi connectivity index (χ2v) is 4.38. The van der Waals surface area contributed by atoms with E-state index in [1.807, 2.05) is 24.9 Å². The Morgan fingerprint density at radius 1 is 1.79 bits per heavy atom. The van der Waals surface area contributed by atoms with E-state index in [4.69, 9.17) is 16.9 Å². The summed E-state index contributed by atoms with van der Waals surface area (Å²) >= 11 is 7.04. The smallest absolute Gasteiger partial charge is 0.188 e. The van der Waals surface area contributed by atoms with E-state index in [2.05, 4.69) is 11.6 Å². The second-order valence-electron chi connectivity index (χ2n) is 3.04. The first-order valence-electron chi connectivity index (χ1n) is 3.96. The Bertz CT molecular complexity index is 391. The zero-order valence-electron chi connectivity index (χ0n) is 8.04. The Balaban J connectivity index is 2.86. The van der Waals surface area contributed by atoms with Crippen LogP contribution < -0.4 is 4.90 Å². The summed E-state index contributed by atoms with van der Waals surface area (Å²) in [4.78, 5) is 6.45. The van der Waals surface area contributed by atoms with E-state index in [1.165, 1.54) is 11.3 Å². The topological polar surface area (TPSA) is 39.9 Å². The summed E-state index contributed by atoms with van der Waals surface area (Å²) < 4.78 is 0. The maximum absolute atomic E-state index is 8.70. The molecule has 1 aromatic rings. The lowest BCUT2D eigenvalue weighted by Crippen LogP contribution is -2.18. The van der Waals surface area contributed by atoms with E-state index in [0.29, 0.717) is 11.4 Å². The molecule has 0 N–H and O–H groups in total. The summed E-state index contributed by atoms with van der Waals surface area (Å²) in [5.41, 5.74) is 1.04. The molecule has 1 aromatic heterocycles. The van der Waals surface area contributed by atoms with Gasteiger partial charge in [-0.3, -0.25) is 0 Å². The number of likely N-dealkylation sites (N-methyl/N-ethyl adjacent to an activating group) is 1. The van der Waals surface area contributed by atoms with Gasteiger partial charge < -0.3 is 4.90 Å². The van der Waals surface area contributed by atoms with Gasteiger partial charge >= 0.3 is 0 Å². The molecule has 74 valence electrons. The van der Waals surface area contributed by atoms with E-state index in [-0.39, 0.29) is 5.15 Å². The third kappa shape index (κ3) is 2.47. The SMILES string of the molecule is C=C(C)CN(C)c1nc(Cl)c(C#N)s1. The number of nitrogens with zero attached hydrogens (tertiary/aromatic N) is 3. The van der Waals surface area contributed by atoms with Gasteiger partial charge in [0.15, 0.2) is 10.3 Å². The van der Waals surface area contributed by atoms with Crippen LogP contribution in [0.4, 0.5) is 5.13 Å². The normalized spacial score (nSPS) is 9.57. The van der Waals surface area contributed by atoms with E-state index in [1.54, 1.807) is 0 Å². The average Bonchev–Trinajstić information content (AvgIpc) is 2.45. The molecule has 0 amide bonds. The molecule has 0 radical (unpaired) electrons. The highest BCUT2D eigenvalue weighted by atomic mass is 35.5. The predicted molar refractivity (Wildman–Crippen MR) is 59.9 cm³/mol. The molecule has 0 aromatic carbocycles. The molecular formula is C9H10ClN3S. The Morgan fingerprint density at radius 3 is 2.86 bits per heavy atom. The molecule has 1 rings (SSSR count). The number of hydrogen-bond acceptors (Lipinski definition) is 4. The van der Waals surface area contributed by atoms with Gasteiger partial charge in [-0.1, -0.05) is 35.1 Å². The quantitative estimate of drug-likeness (QED) is 0.746. The maximum Gasteiger partial charge on any atom is 0.188 e. The Morgan fingerprint density at radius 2 is 2.43 bits per heavy atom. The summed E-state index contributed by atoms with van der Waals surface area (Å²) in [7, 11) is 1.89. The van der Waals surface area contributed by atoms with Crippen LogP contribution in [0.3, 0.4) is 0 Å². The standard InChI is InChI=1S/C9H10ClN3S/c1-6(2)5-13(3)9-12-8(10)7(4-11)14-9/h1,5H2,2-3H3. The van der Waals surface area contributed by atoms with Crippen molar-refractivity contribution in [3.8, 4) is 6.07 Å². The van der Waals surface area contributed by atoms with Gasteiger partial charge in [-0.2, -0.15) is 5.26 Å². The Hall–Kier alpha value is -1.05. The van der Waals surface area contributed by atoms with Gasteiger partial charge in [-0.25, -0.2) is 4.98 Å². The monoisotopic (exact) mass is 227 g/mol. The molecule has 0 unspecified atom stereocenters. The van der Waals surface area contributed by atoms with Crippen LogP contribution in [-0.4, -0.2) is 18.6 Å². The second kappa shape index (κ2) is 4.45. The summed E-state index contributed by atoms with van der Waals surface area (Å²) in [5.74, 6) is 0. The molecule has 3 nitrogen and oxygen atoms in total. The molecule has 0 spiro atoms. The average molecular weight is 228 g/mol. The predicted octanol–water partition coefficient (Wildman–Crippen LogP) is 2.68. The zero-order chi connectivity index (χ0) is 10.7. The number of rotatable bonds is 3. The first kappa shape index (κ1) is 11.0. The van der Waals surface area contributed by atoms with Gasteiger partial charge in [0, 0.05) is 13.6 Å². The molecule has 1 heterocycles. The fourth-order valence-electron chi connectivity index (χ4n) is 0.996. The summed E-state index contributed by atoms with van der Waals surface area (Å²) in [5, 5.41) is 9.72. The van der Waals surface area contributed by atoms with Crippen molar-refractivity contribution < 1.29 is 0 Å². The van der Waals surface area contributed by atoms with Crippen LogP contribution >= 0.6 is 22.9 Å². The molecule has 0 aliphatic carbocycles. The van der Waals surface area contributed by atoms with E-state index in [9.17, 15) is 0 Å². The molecule has 14 heavy (non-hydrogen) atoms. The van der Waals surface area contributed by atoms with Crippen LogP contribution in [0, 0.1) is 11.3 Å². The summed E-state index contributed by atoms with van der Waals surface area (Å²) in [6, 6.07) is 2.00. The van der Waals surface area contributed by atoms with Gasteiger partial charge in [0.25, 0.3) is 0 Å². The number of anilines is 1. The van der Waals surface area contributed by atoms with Crippen LogP contribution in [0.5, 0.6) is 0 Å². The highest BCUT2D eigenvalue weighted by molar-refractivity contribution is 7.16. The molecule has 0 saturated carbocycles. The van der Waals surface area contributed by atoms with Crippen LogP contribution in [-0.2, 0) is 0 Å².